The van der Waals surface area contributed by atoms with E-state index in [4.69, 9.17) is 8.83 Å². The van der Waals surface area contributed by atoms with Gasteiger partial charge < -0.3 is 23.2 Å². The average molecular weight is 758 g/mol. The Morgan fingerprint density at radius 3 is 1.56 bits per heavy atom. The van der Waals surface area contributed by atoms with E-state index in [-0.39, 0.29) is 0 Å². The van der Waals surface area contributed by atoms with Crippen molar-refractivity contribution < 1.29 is 8.83 Å². The summed E-state index contributed by atoms with van der Waals surface area (Å²) in [5.74, 6) is 0. The molecule has 9 aromatic carbocycles. The fourth-order valence-electron chi connectivity index (χ4n) is 8.96. The number of anilines is 6. The molecule has 0 bridgehead atoms. The Bertz CT molecular complexity index is 3510. The number of furan rings is 2. The number of para-hydroxylation sites is 5. The molecule has 0 atom stereocenters. The third kappa shape index (κ3) is 5.33. The van der Waals surface area contributed by atoms with Gasteiger partial charge in [0.2, 0.25) is 0 Å². The smallest absolute Gasteiger partial charge is 0.137 e. The second-order valence-electron chi connectivity index (χ2n) is 14.9. The largest absolute Gasteiger partial charge is 0.456 e. The fraction of sp³-hybridized carbons (Fsp3) is 0. The molecule has 0 aliphatic rings. The highest BCUT2D eigenvalue weighted by molar-refractivity contribution is 6.15. The maximum Gasteiger partial charge on any atom is 0.137 e. The van der Waals surface area contributed by atoms with Gasteiger partial charge >= 0.3 is 0 Å². The molecular formula is C54H35N3O2. The zero-order valence-corrected chi connectivity index (χ0v) is 31.9. The van der Waals surface area contributed by atoms with Gasteiger partial charge in [-0.2, -0.15) is 0 Å². The van der Waals surface area contributed by atoms with Gasteiger partial charge in [-0.15, -0.1) is 0 Å². The van der Waals surface area contributed by atoms with Crippen molar-refractivity contribution in [2.75, 3.05) is 9.80 Å². The molecule has 0 amide bonds. The van der Waals surface area contributed by atoms with Crippen molar-refractivity contribution >= 4 is 99.8 Å². The fourth-order valence-corrected chi connectivity index (χ4v) is 8.96. The van der Waals surface area contributed by atoms with Crippen molar-refractivity contribution in [3.8, 4) is 5.69 Å². The Morgan fingerprint density at radius 1 is 0.305 bits per heavy atom. The van der Waals surface area contributed by atoms with Crippen LogP contribution in [0.1, 0.15) is 0 Å². The molecule has 278 valence electrons. The van der Waals surface area contributed by atoms with Crippen LogP contribution in [0.3, 0.4) is 0 Å². The summed E-state index contributed by atoms with van der Waals surface area (Å²) in [7, 11) is 0. The molecule has 0 radical (unpaired) electrons. The van der Waals surface area contributed by atoms with E-state index in [1.54, 1.807) is 0 Å². The Hall–Kier alpha value is -8.02. The first kappa shape index (κ1) is 33.2. The first-order valence-electron chi connectivity index (χ1n) is 19.9. The first-order valence-corrected chi connectivity index (χ1v) is 19.9. The standard InChI is InChI=1S/C54H35N3O2/c1-4-15-36(16-5-1)55(40-28-31-45-44-22-11-13-25-50(44)58-52(45)34-40)41-29-32-46-53(35-41)59-51-26-14-24-48(54(46)51)56(37-17-6-2-7-18-37)39-27-30-43-42-21-10-12-23-47(42)57(49(43)33-39)38-19-8-3-9-20-38/h1-35H. The highest BCUT2D eigenvalue weighted by Gasteiger charge is 2.23. The highest BCUT2D eigenvalue weighted by Crippen LogP contribution is 2.46. The van der Waals surface area contributed by atoms with Gasteiger partial charge in [0.1, 0.15) is 22.3 Å². The molecule has 0 saturated heterocycles. The van der Waals surface area contributed by atoms with Crippen LogP contribution in [0.25, 0.3) is 71.4 Å². The predicted octanol–water partition coefficient (Wildman–Crippen LogP) is 15.5. The SMILES string of the molecule is c1ccc(N(c2ccc3c(c2)oc2ccccc23)c2ccc3c(c2)oc2cccc(N(c4ccccc4)c4ccc5c6ccccc6n(-c6ccccc6)c5c4)c23)cc1. The molecule has 3 heterocycles. The number of benzene rings is 9. The lowest BCUT2D eigenvalue weighted by atomic mass is 10.1. The number of nitrogens with zero attached hydrogens (tertiary/aromatic N) is 3. The maximum absolute atomic E-state index is 6.80. The molecule has 12 aromatic rings. The van der Waals surface area contributed by atoms with Crippen LogP contribution in [0.4, 0.5) is 34.1 Å². The van der Waals surface area contributed by atoms with Crippen LogP contribution in [-0.2, 0) is 0 Å². The summed E-state index contributed by atoms with van der Waals surface area (Å²) >= 11 is 0. The molecule has 0 saturated carbocycles. The minimum atomic E-state index is 0.809. The summed E-state index contributed by atoms with van der Waals surface area (Å²) in [5, 5.41) is 6.74. The van der Waals surface area contributed by atoms with Crippen LogP contribution in [0.2, 0.25) is 0 Å². The predicted molar refractivity (Wildman–Crippen MR) is 245 cm³/mol. The van der Waals surface area contributed by atoms with E-state index in [0.29, 0.717) is 0 Å². The molecule has 0 fully saturated rings. The van der Waals surface area contributed by atoms with E-state index >= 15 is 0 Å². The van der Waals surface area contributed by atoms with Crippen molar-refractivity contribution in [3.63, 3.8) is 0 Å². The Balaban J connectivity index is 1.04. The van der Waals surface area contributed by atoms with Gasteiger partial charge in [0.15, 0.2) is 0 Å². The third-order valence-corrected chi connectivity index (χ3v) is 11.5. The monoisotopic (exact) mass is 757 g/mol. The number of fused-ring (bicyclic) bond motifs is 9. The maximum atomic E-state index is 6.80. The van der Waals surface area contributed by atoms with Crippen molar-refractivity contribution in [2.24, 2.45) is 0 Å². The molecule has 59 heavy (non-hydrogen) atoms. The van der Waals surface area contributed by atoms with Gasteiger partial charge in [0.05, 0.1) is 22.1 Å². The molecule has 0 aliphatic heterocycles. The van der Waals surface area contributed by atoms with Crippen LogP contribution in [-0.4, -0.2) is 4.57 Å². The Labute approximate surface area is 339 Å². The summed E-state index contributed by atoms with van der Waals surface area (Å²) < 4.78 is 15.5. The summed E-state index contributed by atoms with van der Waals surface area (Å²) in [5.41, 5.74) is 13.0. The molecule has 5 heteroatoms. The number of rotatable bonds is 7. The summed E-state index contributed by atoms with van der Waals surface area (Å²) in [6, 6.07) is 74.8. The minimum Gasteiger partial charge on any atom is -0.456 e. The summed E-state index contributed by atoms with van der Waals surface area (Å²) in [6.45, 7) is 0. The zero-order chi connectivity index (χ0) is 38.9. The quantitative estimate of drug-likeness (QED) is 0.162. The van der Waals surface area contributed by atoms with Crippen molar-refractivity contribution in [2.45, 2.75) is 0 Å². The zero-order valence-electron chi connectivity index (χ0n) is 31.9. The van der Waals surface area contributed by atoms with E-state index in [1.165, 1.54) is 16.3 Å². The number of hydrogen-bond acceptors (Lipinski definition) is 4. The summed E-state index contributed by atoms with van der Waals surface area (Å²) in [4.78, 5) is 4.62. The molecular weight excluding hydrogens is 723 g/mol. The van der Waals surface area contributed by atoms with Gasteiger partial charge in [-0.05, 0) is 97.1 Å². The molecule has 0 unspecified atom stereocenters. The lowest BCUT2D eigenvalue weighted by molar-refractivity contribution is 0.669. The van der Waals surface area contributed by atoms with Gasteiger partial charge in [0.25, 0.3) is 0 Å². The molecule has 5 nitrogen and oxygen atoms in total. The van der Waals surface area contributed by atoms with Crippen LogP contribution in [0.15, 0.2) is 221 Å². The van der Waals surface area contributed by atoms with Gasteiger partial charge in [-0.1, -0.05) is 103 Å². The molecule has 0 spiro atoms. The Morgan fingerprint density at radius 2 is 0.814 bits per heavy atom. The average Bonchev–Trinajstić information content (AvgIpc) is 3.97. The third-order valence-electron chi connectivity index (χ3n) is 11.5. The normalized spacial score (nSPS) is 11.7. The number of hydrogen-bond donors (Lipinski definition) is 0. The summed E-state index contributed by atoms with van der Waals surface area (Å²) in [6.07, 6.45) is 0. The second kappa shape index (κ2) is 13.3. The van der Waals surface area contributed by atoms with Gasteiger partial charge in [0, 0.05) is 73.2 Å². The highest BCUT2D eigenvalue weighted by atomic mass is 16.3. The van der Waals surface area contributed by atoms with Crippen LogP contribution in [0, 0.1) is 0 Å². The van der Waals surface area contributed by atoms with Crippen LogP contribution in [0.5, 0.6) is 0 Å². The molecule has 3 aromatic heterocycles. The molecule has 0 aliphatic carbocycles. The van der Waals surface area contributed by atoms with Gasteiger partial charge in [-0.25, -0.2) is 0 Å². The van der Waals surface area contributed by atoms with E-state index in [2.05, 4.69) is 208 Å². The lowest BCUT2D eigenvalue weighted by Crippen LogP contribution is -2.10. The van der Waals surface area contributed by atoms with Crippen LogP contribution < -0.4 is 9.80 Å². The minimum absolute atomic E-state index is 0.809. The Kier molecular flexibility index (Phi) is 7.47. The van der Waals surface area contributed by atoms with E-state index in [9.17, 15) is 0 Å². The lowest BCUT2D eigenvalue weighted by Gasteiger charge is -2.26. The van der Waals surface area contributed by atoms with Crippen molar-refractivity contribution in [1.82, 2.24) is 4.57 Å². The topological polar surface area (TPSA) is 37.7 Å². The van der Waals surface area contributed by atoms with E-state index in [0.717, 1.165) is 89.2 Å². The van der Waals surface area contributed by atoms with Crippen molar-refractivity contribution in [1.29, 1.82) is 0 Å². The molecule has 12 rings (SSSR count). The van der Waals surface area contributed by atoms with Crippen molar-refractivity contribution in [3.05, 3.63) is 212 Å². The van der Waals surface area contributed by atoms with Gasteiger partial charge in [-0.3, -0.25) is 0 Å². The van der Waals surface area contributed by atoms with Crippen LogP contribution >= 0.6 is 0 Å². The second-order valence-corrected chi connectivity index (χ2v) is 14.9. The van der Waals surface area contributed by atoms with E-state index in [1.807, 2.05) is 18.2 Å². The first-order chi connectivity index (χ1) is 29.3. The van der Waals surface area contributed by atoms with E-state index < -0.39 is 0 Å². The number of aromatic nitrogens is 1. The molecule has 0 N–H and O–H groups in total.